The topological polar surface area (TPSA) is 80.0 Å². The Hall–Kier alpha value is -1.89. The van der Waals surface area contributed by atoms with Gasteiger partial charge in [0, 0.05) is 23.1 Å². The van der Waals surface area contributed by atoms with E-state index in [1.165, 1.54) is 11.3 Å². The van der Waals surface area contributed by atoms with Crippen LogP contribution in [0, 0.1) is 0 Å². The fourth-order valence-electron chi connectivity index (χ4n) is 1.74. The number of thiazole rings is 1. The van der Waals surface area contributed by atoms with Gasteiger partial charge in [0.15, 0.2) is 5.82 Å². The monoisotopic (exact) mass is 308 g/mol. The van der Waals surface area contributed by atoms with Gasteiger partial charge in [0.05, 0.1) is 6.04 Å². The first kappa shape index (κ1) is 15.5. The van der Waals surface area contributed by atoms with Crippen LogP contribution in [0.15, 0.2) is 22.2 Å². The average molecular weight is 308 g/mol. The molecule has 6 nitrogen and oxygen atoms in total. The second-order valence-electron chi connectivity index (χ2n) is 5.76. The van der Waals surface area contributed by atoms with Gasteiger partial charge >= 0.3 is 6.03 Å². The molecule has 2 aromatic rings. The van der Waals surface area contributed by atoms with Crippen LogP contribution in [0.1, 0.15) is 50.9 Å². The Bertz CT molecular complexity index is 586. The number of hydrogen-bond acceptors (Lipinski definition) is 5. The van der Waals surface area contributed by atoms with Gasteiger partial charge in [-0.1, -0.05) is 32.9 Å². The molecule has 21 heavy (non-hydrogen) atoms. The van der Waals surface area contributed by atoms with Crippen molar-refractivity contribution in [3.63, 3.8) is 0 Å². The van der Waals surface area contributed by atoms with Crippen molar-refractivity contribution >= 4 is 23.2 Å². The lowest BCUT2D eigenvalue weighted by Gasteiger charge is -2.14. The zero-order valence-corrected chi connectivity index (χ0v) is 13.5. The van der Waals surface area contributed by atoms with E-state index in [0.29, 0.717) is 5.82 Å². The van der Waals surface area contributed by atoms with Crippen molar-refractivity contribution in [3.05, 3.63) is 28.4 Å². The minimum Gasteiger partial charge on any atom is -0.359 e. The summed E-state index contributed by atoms with van der Waals surface area (Å²) in [6.07, 6.45) is 2.50. The molecule has 0 spiro atoms. The van der Waals surface area contributed by atoms with Gasteiger partial charge in [-0.15, -0.1) is 11.3 Å². The molecule has 0 aliphatic heterocycles. The normalized spacial score (nSPS) is 13.0. The summed E-state index contributed by atoms with van der Waals surface area (Å²) in [5, 5.41) is 12.2. The number of nitrogens with one attached hydrogen (secondary N) is 2. The van der Waals surface area contributed by atoms with Crippen LogP contribution >= 0.6 is 11.3 Å². The van der Waals surface area contributed by atoms with Gasteiger partial charge in [-0.05, 0) is 6.42 Å². The second kappa shape index (κ2) is 6.26. The molecule has 2 aromatic heterocycles. The quantitative estimate of drug-likeness (QED) is 0.902. The highest BCUT2D eigenvalue weighted by atomic mass is 32.1. The molecular weight excluding hydrogens is 288 g/mol. The molecule has 0 aromatic carbocycles. The summed E-state index contributed by atoms with van der Waals surface area (Å²) >= 11 is 1.52. The molecule has 0 saturated carbocycles. The van der Waals surface area contributed by atoms with Crippen LogP contribution < -0.4 is 10.6 Å². The summed E-state index contributed by atoms with van der Waals surface area (Å²) in [4.78, 5) is 16.2. The molecule has 114 valence electrons. The first-order valence-corrected chi connectivity index (χ1v) is 7.72. The molecule has 2 heterocycles. The lowest BCUT2D eigenvalue weighted by Crippen LogP contribution is -2.32. The number of urea groups is 1. The largest absolute Gasteiger partial charge is 0.359 e. The number of anilines is 1. The average Bonchev–Trinajstić information content (AvgIpc) is 3.05. The van der Waals surface area contributed by atoms with Crippen molar-refractivity contribution in [1.29, 1.82) is 0 Å². The Morgan fingerprint density at radius 2 is 2.24 bits per heavy atom. The van der Waals surface area contributed by atoms with Crippen molar-refractivity contribution in [2.45, 2.75) is 45.6 Å². The summed E-state index contributed by atoms with van der Waals surface area (Å²) < 4.78 is 5.23. The van der Waals surface area contributed by atoms with E-state index in [0.717, 1.165) is 17.2 Å². The van der Waals surface area contributed by atoms with Gasteiger partial charge in [0.1, 0.15) is 10.8 Å². The summed E-state index contributed by atoms with van der Waals surface area (Å²) in [6.45, 7) is 8.06. The summed E-state index contributed by atoms with van der Waals surface area (Å²) in [7, 11) is 0. The molecule has 0 aliphatic carbocycles. The second-order valence-corrected chi connectivity index (χ2v) is 6.68. The van der Waals surface area contributed by atoms with Crippen molar-refractivity contribution in [2.75, 3.05) is 5.32 Å². The van der Waals surface area contributed by atoms with Crippen LogP contribution in [0.2, 0.25) is 0 Å². The summed E-state index contributed by atoms with van der Waals surface area (Å²) in [5.41, 5.74) is -0.143. The van der Waals surface area contributed by atoms with Gasteiger partial charge in [0.2, 0.25) is 0 Å². The maximum Gasteiger partial charge on any atom is 0.321 e. The highest BCUT2D eigenvalue weighted by molar-refractivity contribution is 7.09. The number of hydrogen-bond donors (Lipinski definition) is 2. The highest BCUT2D eigenvalue weighted by Gasteiger charge is 2.21. The zero-order valence-electron chi connectivity index (χ0n) is 12.6. The van der Waals surface area contributed by atoms with Crippen LogP contribution in [0.25, 0.3) is 0 Å². The van der Waals surface area contributed by atoms with Crippen LogP contribution in [-0.2, 0) is 5.41 Å². The summed E-state index contributed by atoms with van der Waals surface area (Å²) in [6, 6.07) is 1.33. The van der Waals surface area contributed by atoms with Gasteiger partial charge in [-0.25, -0.2) is 9.78 Å². The van der Waals surface area contributed by atoms with E-state index in [9.17, 15) is 4.79 Å². The van der Waals surface area contributed by atoms with Crippen LogP contribution in [0.5, 0.6) is 0 Å². The van der Waals surface area contributed by atoms with Crippen molar-refractivity contribution < 1.29 is 9.32 Å². The van der Waals surface area contributed by atoms with E-state index in [2.05, 4.69) is 20.8 Å². The molecule has 2 amide bonds. The predicted molar refractivity (Wildman–Crippen MR) is 82.5 cm³/mol. The predicted octanol–water partition coefficient (Wildman–Crippen LogP) is 3.70. The Morgan fingerprint density at radius 3 is 2.76 bits per heavy atom. The van der Waals surface area contributed by atoms with Crippen molar-refractivity contribution in [2.24, 2.45) is 0 Å². The molecule has 0 unspecified atom stereocenters. The number of carbonyl (C=O) groups excluding carboxylic acids is 1. The molecule has 7 heteroatoms. The van der Waals surface area contributed by atoms with E-state index < -0.39 is 0 Å². The van der Waals surface area contributed by atoms with E-state index in [1.807, 2.05) is 33.1 Å². The molecule has 0 aliphatic rings. The lowest BCUT2D eigenvalue weighted by atomic mass is 9.93. The third kappa shape index (κ3) is 4.04. The van der Waals surface area contributed by atoms with Gasteiger partial charge in [0.25, 0.3) is 0 Å². The fraction of sp³-hybridized carbons (Fsp3) is 0.500. The molecule has 0 fully saturated rings. The lowest BCUT2D eigenvalue weighted by molar-refractivity contribution is 0.248. The Balaban J connectivity index is 1.97. The maximum absolute atomic E-state index is 12.0. The Kier molecular flexibility index (Phi) is 4.62. The molecular formula is C14H20N4O2S. The minimum absolute atomic E-state index is 0.0982. The first-order chi connectivity index (χ1) is 9.90. The van der Waals surface area contributed by atoms with Crippen LogP contribution in [-0.4, -0.2) is 16.2 Å². The van der Waals surface area contributed by atoms with E-state index >= 15 is 0 Å². The number of rotatable bonds is 4. The first-order valence-electron chi connectivity index (χ1n) is 6.84. The number of amides is 2. The van der Waals surface area contributed by atoms with Gasteiger partial charge < -0.3 is 9.84 Å². The standard InChI is InChI=1S/C14H20N4O2S/c1-5-9(12-15-6-7-21-12)16-13(19)17-11-8-10(20-18-11)14(2,3)4/h6-9H,5H2,1-4H3,(H2,16,17,18,19)/t9-/m0/s1. The Labute approximate surface area is 127 Å². The molecule has 1 atom stereocenters. The van der Waals surface area contributed by atoms with Crippen molar-refractivity contribution in [1.82, 2.24) is 15.5 Å². The molecule has 2 rings (SSSR count). The zero-order chi connectivity index (χ0) is 15.5. The van der Waals surface area contributed by atoms with E-state index in [-0.39, 0.29) is 17.5 Å². The third-order valence-corrected chi connectivity index (χ3v) is 3.84. The number of carbonyl (C=O) groups is 1. The number of aromatic nitrogens is 2. The van der Waals surface area contributed by atoms with E-state index in [4.69, 9.17) is 4.52 Å². The van der Waals surface area contributed by atoms with Crippen LogP contribution in [0.3, 0.4) is 0 Å². The smallest absolute Gasteiger partial charge is 0.321 e. The van der Waals surface area contributed by atoms with Crippen molar-refractivity contribution in [3.8, 4) is 0 Å². The summed E-state index contributed by atoms with van der Waals surface area (Å²) in [5.74, 6) is 1.14. The van der Waals surface area contributed by atoms with Gasteiger partial charge in [-0.2, -0.15) is 0 Å². The molecule has 0 bridgehead atoms. The number of nitrogens with zero attached hydrogens (tertiary/aromatic N) is 2. The molecule has 2 N–H and O–H groups in total. The molecule has 0 saturated heterocycles. The van der Waals surface area contributed by atoms with Gasteiger partial charge in [-0.3, -0.25) is 5.32 Å². The Morgan fingerprint density at radius 1 is 1.48 bits per heavy atom. The molecule has 0 radical (unpaired) electrons. The SMILES string of the molecule is CC[C@H](NC(=O)Nc1cc(C(C)(C)C)on1)c1nccs1. The van der Waals surface area contributed by atoms with Crippen LogP contribution in [0.4, 0.5) is 10.6 Å². The third-order valence-electron chi connectivity index (χ3n) is 2.95. The maximum atomic E-state index is 12.0. The fourth-order valence-corrected chi connectivity index (χ4v) is 2.52. The minimum atomic E-state index is -0.314. The highest BCUT2D eigenvalue weighted by Crippen LogP contribution is 2.24. The van der Waals surface area contributed by atoms with E-state index in [1.54, 1.807) is 12.3 Å².